The van der Waals surface area contributed by atoms with Crippen molar-refractivity contribution < 1.29 is 8.78 Å². The second-order valence-electron chi connectivity index (χ2n) is 4.94. The first kappa shape index (κ1) is 15.7. The molecule has 2 heterocycles. The second-order valence-corrected chi connectivity index (χ2v) is 6.31. The van der Waals surface area contributed by atoms with E-state index in [0.29, 0.717) is 6.54 Å². The molecule has 6 heteroatoms. The summed E-state index contributed by atoms with van der Waals surface area (Å²) in [4.78, 5) is 6.45. The minimum Gasteiger partial charge on any atom is -0.368 e. The number of thiophene rings is 1. The van der Waals surface area contributed by atoms with Crippen molar-refractivity contribution in [3.8, 4) is 0 Å². The fraction of sp³-hybridized carbons (Fsp3) is 0.400. The third kappa shape index (κ3) is 4.14. The topological polar surface area (TPSA) is 37.0 Å². The Hall–Kier alpha value is -1.69. The predicted molar refractivity (Wildman–Crippen MR) is 84.2 cm³/mol. The normalized spacial score (nSPS) is 12.2. The molecule has 1 atom stereocenters. The van der Waals surface area contributed by atoms with E-state index in [9.17, 15) is 8.78 Å². The van der Waals surface area contributed by atoms with E-state index < -0.39 is 11.6 Å². The molecule has 0 bridgehead atoms. The fourth-order valence-corrected chi connectivity index (χ4v) is 3.06. The first-order valence-corrected chi connectivity index (χ1v) is 7.73. The molecule has 0 aromatic carbocycles. The smallest absolute Gasteiger partial charge is 0.168 e. The van der Waals surface area contributed by atoms with E-state index in [1.54, 1.807) is 11.3 Å². The van der Waals surface area contributed by atoms with Gasteiger partial charge in [0.2, 0.25) is 0 Å². The Morgan fingerprint density at radius 3 is 2.57 bits per heavy atom. The summed E-state index contributed by atoms with van der Waals surface area (Å²) in [5.41, 5.74) is 0. The lowest BCUT2D eigenvalue weighted by Crippen LogP contribution is -2.20. The second kappa shape index (κ2) is 6.85. The van der Waals surface area contributed by atoms with Gasteiger partial charge in [-0.2, -0.15) is 0 Å². The van der Waals surface area contributed by atoms with E-state index >= 15 is 0 Å². The van der Waals surface area contributed by atoms with Gasteiger partial charge < -0.3 is 10.6 Å². The molecule has 0 aliphatic carbocycles. The summed E-state index contributed by atoms with van der Waals surface area (Å²) >= 11 is 1.72. The quantitative estimate of drug-likeness (QED) is 0.839. The molecule has 114 valence electrons. The average Bonchev–Trinajstić information content (AvgIpc) is 2.80. The standard InChI is InChI=1S/C15H19F2N3S/c1-4-18-14-12(16)8-13(17)15(20-14)19-9(2)7-11-6-5-10(3)21-11/h5-6,8-9H,4,7H2,1-3H3,(H2,18,19,20). The highest BCUT2D eigenvalue weighted by molar-refractivity contribution is 7.11. The highest BCUT2D eigenvalue weighted by Crippen LogP contribution is 2.21. The van der Waals surface area contributed by atoms with E-state index in [1.807, 2.05) is 13.8 Å². The van der Waals surface area contributed by atoms with Crippen molar-refractivity contribution in [3.63, 3.8) is 0 Å². The van der Waals surface area contributed by atoms with Crippen molar-refractivity contribution in [2.75, 3.05) is 17.2 Å². The highest BCUT2D eigenvalue weighted by atomic mass is 32.1. The van der Waals surface area contributed by atoms with E-state index in [-0.39, 0.29) is 17.7 Å². The van der Waals surface area contributed by atoms with Gasteiger partial charge in [0.25, 0.3) is 0 Å². The van der Waals surface area contributed by atoms with Crippen LogP contribution in [0.15, 0.2) is 18.2 Å². The summed E-state index contributed by atoms with van der Waals surface area (Å²) in [6, 6.07) is 4.99. The van der Waals surface area contributed by atoms with Gasteiger partial charge in [-0.25, -0.2) is 13.8 Å². The fourth-order valence-electron chi connectivity index (χ4n) is 2.04. The largest absolute Gasteiger partial charge is 0.368 e. The number of hydrogen-bond acceptors (Lipinski definition) is 4. The Morgan fingerprint density at radius 2 is 1.95 bits per heavy atom. The first-order valence-electron chi connectivity index (χ1n) is 6.91. The number of rotatable bonds is 6. The molecule has 0 saturated heterocycles. The molecule has 2 rings (SSSR count). The van der Waals surface area contributed by atoms with Gasteiger partial charge in [-0.3, -0.25) is 0 Å². The van der Waals surface area contributed by atoms with Crippen LogP contribution >= 0.6 is 11.3 Å². The molecule has 3 nitrogen and oxygen atoms in total. The number of pyridine rings is 1. The molecule has 21 heavy (non-hydrogen) atoms. The van der Waals surface area contributed by atoms with Crippen LogP contribution in [0.4, 0.5) is 20.4 Å². The predicted octanol–water partition coefficient (Wildman–Crippen LogP) is 4.20. The minimum atomic E-state index is -0.679. The van der Waals surface area contributed by atoms with Gasteiger partial charge in [0.15, 0.2) is 23.3 Å². The van der Waals surface area contributed by atoms with Crippen LogP contribution in [0.25, 0.3) is 0 Å². The van der Waals surface area contributed by atoms with E-state index in [1.165, 1.54) is 9.75 Å². The van der Waals surface area contributed by atoms with Crippen LogP contribution in [-0.4, -0.2) is 17.6 Å². The molecule has 0 aliphatic rings. The number of nitrogens with one attached hydrogen (secondary N) is 2. The molecule has 1 unspecified atom stereocenters. The molecular formula is C15H19F2N3S. The Labute approximate surface area is 127 Å². The molecule has 2 aromatic heterocycles. The lowest BCUT2D eigenvalue weighted by Gasteiger charge is -2.15. The summed E-state index contributed by atoms with van der Waals surface area (Å²) in [6.07, 6.45) is 0.771. The summed E-state index contributed by atoms with van der Waals surface area (Å²) in [7, 11) is 0. The Bertz CT molecular complexity index is 613. The Kier molecular flexibility index (Phi) is 5.12. The van der Waals surface area contributed by atoms with Crippen molar-refractivity contribution in [1.29, 1.82) is 0 Å². The molecule has 0 spiro atoms. The third-order valence-electron chi connectivity index (χ3n) is 2.96. The third-order valence-corrected chi connectivity index (χ3v) is 3.98. The summed E-state index contributed by atoms with van der Waals surface area (Å²) in [6.45, 7) is 6.36. The van der Waals surface area contributed by atoms with E-state index in [2.05, 4.69) is 34.7 Å². The van der Waals surface area contributed by atoms with Gasteiger partial charge in [0, 0.05) is 34.8 Å². The maximum Gasteiger partial charge on any atom is 0.168 e. The van der Waals surface area contributed by atoms with Gasteiger partial charge in [-0.15, -0.1) is 11.3 Å². The van der Waals surface area contributed by atoms with Gasteiger partial charge in [-0.05, 0) is 32.9 Å². The van der Waals surface area contributed by atoms with E-state index in [0.717, 1.165) is 12.5 Å². The van der Waals surface area contributed by atoms with Crippen LogP contribution in [0.1, 0.15) is 23.6 Å². The van der Waals surface area contributed by atoms with Crippen LogP contribution in [0.2, 0.25) is 0 Å². The Morgan fingerprint density at radius 1 is 1.24 bits per heavy atom. The van der Waals surface area contributed by atoms with Crippen LogP contribution in [0.3, 0.4) is 0 Å². The van der Waals surface area contributed by atoms with Crippen molar-refractivity contribution in [2.45, 2.75) is 33.2 Å². The molecule has 2 aromatic rings. The molecule has 0 aliphatic heterocycles. The molecule has 0 amide bonds. The number of nitrogens with zero attached hydrogens (tertiary/aromatic N) is 1. The maximum atomic E-state index is 13.8. The van der Waals surface area contributed by atoms with Crippen LogP contribution in [-0.2, 0) is 6.42 Å². The SMILES string of the molecule is CCNc1nc(NC(C)Cc2ccc(C)s2)c(F)cc1F. The van der Waals surface area contributed by atoms with Gasteiger partial charge in [0.1, 0.15) is 0 Å². The minimum absolute atomic E-state index is 0.00462. The zero-order chi connectivity index (χ0) is 15.4. The number of aromatic nitrogens is 1. The lowest BCUT2D eigenvalue weighted by atomic mass is 10.2. The van der Waals surface area contributed by atoms with Crippen molar-refractivity contribution >= 4 is 23.0 Å². The number of anilines is 2. The molecule has 0 radical (unpaired) electrons. The van der Waals surface area contributed by atoms with Crippen molar-refractivity contribution in [1.82, 2.24) is 4.98 Å². The van der Waals surface area contributed by atoms with Gasteiger partial charge in [-0.1, -0.05) is 0 Å². The van der Waals surface area contributed by atoms with Crippen molar-refractivity contribution in [2.24, 2.45) is 0 Å². The molecule has 0 saturated carbocycles. The average molecular weight is 311 g/mol. The zero-order valence-electron chi connectivity index (χ0n) is 12.3. The monoisotopic (exact) mass is 311 g/mol. The molecular weight excluding hydrogens is 292 g/mol. The van der Waals surface area contributed by atoms with E-state index in [4.69, 9.17) is 0 Å². The zero-order valence-corrected chi connectivity index (χ0v) is 13.2. The summed E-state index contributed by atoms with van der Waals surface area (Å²) in [5.74, 6) is -1.21. The maximum absolute atomic E-state index is 13.8. The van der Waals surface area contributed by atoms with Crippen LogP contribution < -0.4 is 10.6 Å². The van der Waals surface area contributed by atoms with Crippen LogP contribution in [0.5, 0.6) is 0 Å². The number of aryl methyl sites for hydroxylation is 1. The van der Waals surface area contributed by atoms with Gasteiger partial charge >= 0.3 is 0 Å². The van der Waals surface area contributed by atoms with Crippen molar-refractivity contribution in [3.05, 3.63) is 39.6 Å². The summed E-state index contributed by atoms with van der Waals surface area (Å²) in [5, 5.41) is 5.79. The van der Waals surface area contributed by atoms with Crippen LogP contribution in [0, 0.1) is 18.6 Å². The molecule has 0 fully saturated rings. The number of halogens is 2. The molecule has 2 N–H and O–H groups in total. The number of hydrogen-bond donors (Lipinski definition) is 2. The highest BCUT2D eigenvalue weighted by Gasteiger charge is 2.14. The first-order chi connectivity index (χ1) is 9.99. The van der Waals surface area contributed by atoms with Gasteiger partial charge in [0.05, 0.1) is 0 Å². The summed E-state index contributed by atoms with van der Waals surface area (Å²) < 4.78 is 27.3. The Balaban J connectivity index is 2.09. The lowest BCUT2D eigenvalue weighted by molar-refractivity contribution is 0.575.